The van der Waals surface area contributed by atoms with E-state index in [2.05, 4.69) is 5.32 Å². The Hall–Kier alpha value is -2.33. The zero-order valence-electron chi connectivity index (χ0n) is 15.4. The van der Waals surface area contributed by atoms with Crippen LogP contribution in [0.3, 0.4) is 0 Å². The second-order valence-corrected chi connectivity index (χ2v) is 7.28. The number of likely N-dealkylation sites (tertiary alicyclic amines) is 1. The van der Waals surface area contributed by atoms with Crippen molar-refractivity contribution in [2.45, 2.75) is 31.6 Å². The van der Waals surface area contributed by atoms with Gasteiger partial charge in [-0.15, -0.1) is 0 Å². The van der Waals surface area contributed by atoms with Crippen LogP contribution < -0.4 is 5.32 Å². The SMILES string of the molecule is O=C(C[C@@H](c1ccccc1)c1ccccc1Cl)NCCN1CCCCC1=O. The summed E-state index contributed by atoms with van der Waals surface area (Å²) in [7, 11) is 0. The highest BCUT2D eigenvalue weighted by atomic mass is 35.5. The minimum absolute atomic E-state index is 0.0340. The van der Waals surface area contributed by atoms with Gasteiger partial charge in [-0.05, 0) is 30.0 Å². The molecule has 2 aromatic rings. The molecule has 1 aliphatic heterocycles. The smallest absolute Gasteiger partial charge is 0.222 e. The first-order valence-corrected chi connectivity index (χ1v) is 9.87. The molecular weight excluding hydrogens is 360 g/mol. The summed E-state index contributed by atoms with van der Waals surface area (Å²) >= 11 is 6.40. The van der Waals surface area contributed by atoms with E-state index in [-0.39, 0.29) is 17.7 Å². The van der Waals surface area contributed by atoms with Crippen LogP contribution in [0.15, 0.2) is 54.6 Å². The predicted molar refractivity (Wildman–Crippen MR) is 108 cm³/mol. The molecule has 2 amide bonds. The lowest BCUT2D eigenvalue weighted by atomic mass is 9.88. The molecule has 0 aliphatic carbocycles. The Labute approximate surface area is 165 Å². The van der Waals surface area contributed by atoms with Crippen molar-refractivity contribution in [1.82, 2.24) is 10.2 Å². The third-order valence-electron chi connectivity index (χ3n) is 5.00. The van der Waals surface area contributed by atoms with Crippen LogP contribution in [0, 0.1) is 0 Å². The molecule has 142 valence electrons. The molecule has 1 heterocycles. The van der Waals surface area contributed by atoms with E-state index in [4.69, 9.17) is 11.6 Å². The normalized spacial score (nSPS) is 15.4. The minimum atomic E-state index is -0.100. The second kappa shape index (κ2) is 9.56. The van der Waals surface area contributed by atoms with Crippen molar-refractivity contribution >= 4 is 23.4 Å². The van der Waals surface area contributed by atoms with Gasteiger partial charge in [0.2, 0.25) is 11.8 Å². The van der Waals surface area contributed by atoms with Gasteiger partial charge in [0.15, 0.2) is 0 Å². The number of carbonyl (C=O) groups is 2. The molecule has 0 aromatic heterocycles. The van der Waals surface area contributed by atoms with Crippen LogP contribution in [0.25, 0.3) is 0 Å². The molecule has 0 saturated carbocycles. The van der Waals surface area contributed by atoms with Crippen LogP contribution in [0.5, 0.6) is 0 Å². The van der Waals surface area contributed by atoms with Gasteiger partial charge in [0, 0.05) is 43.4 Å². The molecule has 27 heavy (non-hydrogen) atoms. The summed E-state index contributed by atoms with van der Waals surface area (Å²) < 4.78 is 0. The van der Waals surface area contributed by atoms with E-state index in [0.29, 0.717) is 31.0 Å². The van der Waals surface area contributed by atoms with Crippen molar-refractivity contribution in [2.24, 2.45) is 0 Å². The third kappa shape index (κ3) is 5.33. The largest absolute Gasteiger partial charge is 0.354 e. The van der Waals surface area contributed by atoms with E-state index in [1.807, 2.05) is 59.5 Å². The molecule has 1 N–H and O–H groups in total. The maximum atomic E-state index is 12.6. The van der Waals surface area contributed by atoms with Gasteiger partial charge in [-0.2, -0.15) is 0 Å². The number of nitrogens with zero attached hydrogens (tertiary/aromatic N) is 1. The molecule has 0 bridgehead atoms. The molecule has 4 nitrogen and oxygen atoms in total. The predicted octanol–water partition coefficient (Wildman–Crippen LogP) is 3.99. The zero-order chi connectivity index (χ0) is 19.1. The topological polar surface area (TPSA) is 49.4 Å². The highest BCUT2D eigenvalue weighted by Crippen LogP contribution is 2.32. The Balaban J connectivity index is 1.63. The number of nitrogens with one attached hydrogen (secondary N) is 1. The number of hydrogen-bond acceptors (Lipinski definition) is 2. The Bertz CT molecular complexity index is 779. The molecule has 2 aromatic carbocycles. The highest BCUT2D eigenvalue weighted by molar-refractivity contribution is 6.31. The quantitative estimate of drug-likeness (QED) is 0.784. The van der Waals surface area contributed by atoms with Gasteiger partial charge >= 0.3 is 0 Å². The highest BCUT2D eigenvalue weighted by Gasteiger charge is 2.21. The van der Waals surface area contributed by atoms with E-state index in [1.54, 1.807) is 0 Å². The number of rotatable bonds is 7. The first-order chi connectivity index (χ1) is 13.1. The average Bonchev–Trinajstić information content (AvgIpc) is 2.69. The fraction of sp³-hybridized carbons (Fsp3) is 0.364. The number of hydrogen-bond donors (Lipinski definition) is 1. The van der Waals surface area contributed by atoms with Gasteiger partial charge in [-0.3, -0.25) is 9.59 Å². The van der Waals surface area contributed by atoms with Crippen molar-refractivity contribution in [3.63, 3.8) is 0 Å². The molecule has 1 aliphatic rings. The van der Waals surface area contributed by atoms with Crippen LogP contribution in [0.1, 0.15) is 42.7 Å². The van der Waals surface area contributed by atoms with Gasteiger partial charge < -0.3 is 10.2 Å². The molecule has 0 radical (unpaired) electrons. The van der Waals surface area contributed by atoms with E-state index >= 15 is 0 Å². The molecular formula is C22H25ClN2O2. The summed E-state index contributed by atoms with van der Waals surface area (Å²) in [4.78, 5) is 26.3. The first-order valence-electron chi connectivity index (χ1n) is 9.49. The van der Waals surface area contributed by atoms with E-state index in [1.165, 1.54) is 0 Å². The first kappa shape index (κ1) is 19.4. The zero-order valence-corrected chi connectivity index (χ0v) is 16.1. The van der Waals surface area contributed by atoms with Crippen LogP contribution in [0.2, 0.25) is 5.02 Å². The van der Waals surface area contributed by atoms with Gasteiger partial charge in [-0.25, -0.2) is 0 Å². The lowest BCUT2D eigenvalue weighted by Gasteiger charge is -2.27. The standard InChI is InChI=1S/C22H25ClN2O2/c23-20-11-5-4-10-18(20)19(17-8-2-1-3-9-17)16-21(26)24-13-15-25-14-7-6-12-22(25)27/h1-5,8-11,19H,6-7,12-16H2,(H,24,26)/t19-/m0/s1. The van der Waals surface area contributed by atoms with Crippen molar-refractivity contribution in [3.8, 4) is 0 Å². The summed E-state index contributed by atoms with van der Waals surface area (Å²) in [5.41, 5.74) is 2.01. The summed E-state index contributed by atoms with van der Waals surface area (Å²) in [6.45, 7) is 1.85. The molecule has 3 rings (SSSR count). The maximum Gasteiger partial charge on any atom is 0.222 e. The van der Waals surface area contributed by atoms with Gasteiger partial charge in [0.1, 0.15) is 0 Å². The average molecular weight is 385 g/mol. The molecule has 5 heteroatoms. The lowest BCUT2D eigenvalue weighted by molar-refractivity contribution is -0.133. The van der Waals surface area contributed by atoms with Crippen LogP contribution in [0.4, 0.5) is 0 Å². The van der Waals surface area contributed by atoms with Crippen LogP contribution in [-0.2, 0) is 9.59 Å². The van der Waals surface area contributed by atoms with E-state index in [0.717, 1.165) is 30.5 Å². The maximum absolute atomic E-state index is 12.6. The van der Waals surface area contributed by atoms with Crippen LogP contribution >= 0.6 is 11.6 Å². The van der Waals surface area contributed by atoms with Crippen LogP contribution in [-0.4, -0.2) is 36.3 Å². The fourth-order valence-electron chi connectivity index (χ4n) is 3.54. The lowest BCUT2D eigenvalue weighted by Crippen LogP contribution is -2.41. The minimum Gasteiger partial charge on any atom is -0.354 e. The fourth-order valence-corrected chi connectivity index (χ4v) is 3.80. The number of piperidine rings is 1. The van der Waals surface area contributed by atoms with Gasteiger partial charge in [-0.1, -0.05) is 60.1 Å². The Morgan fingerprint density at radius 3 is 2.56 bits per heavy atom. The van der Waals surface area contributed by atoms with E-state index < -0.39 is 0 Å². The second-order valence-electron chi connectivity index (χ2n) is 6.88. The van der Waals surface area contributed by atoms with Gasteiger partial charge in [0.25, 0.3) is 0 Å². The summed E-state index contributed by atoms with van der Waals surface area (Å²) in [5.74, 6) is 0.0541. The molecule has 1 atom stereocenters. The summed E-state index contributed by atoms with van der Waals surface area (Å²) in [6, 6.07) is 17.6. The molecule has 0 spiro atoms. The van der Waals surface area contributed by atoms with Crippen molar-refractivity contribution in [2.75, 3.05) is 19.6 Å². The Morgan fingerprint density at radius 2 is 1.81 bits per heavy atom. The van der Waals surface area contributed by atoms with Crippen molar-refractivity contribution in [3.05, 3.63) is 70.7 Å². The Kier molecular flexibility index (Phi) is 6.88. The number of carbonyl (C=O) groups excluding carboxylic acids is 2. The molecule has 0 unspecified atom stereocenters. The van der Waals surface area contributed by atoms with Crippen molar-refractivity contribution in [1.29, 1.82) is 0 Å². The van der Waals surface area contributed by atoms with Crippen molar-refractivity contribution < 1.29 is 9.59 Å². The Morgan fingerprint density at radius 1 is 1.07 bits per heavy atom. The van der Waals surface area contributed by atoms with E-state index in [9.17, 15) is 9.59 Å². The summed E-state index contributed by atoms with van der Waals surface area (Å²) in [5, 5.41) is 3.63. The number of benzene rings is 2. The number of halogens is 1. The summed E-state index contributed by atoms with van der Waals surface area (Å²) in [6.07, 6.45) is 2.96. The number of amides is 2. The third-order valence-corrected chi connectivity index (χ3v) is 5.34. The molecule has 1 saturated heterocycles. The molecule has 1 fully saturated rings. The monoisotopic (exact) mass is 384 g/mol. The van der Waals surface area contributed by atoms with Gasteiger partial charge in [0.05, 0.1) is 0 Å².